The number of aromatic carboxylic acids is 1. The normalized spacial score (nSPS) is 17.6. The molecule has 23 heavy (non-hydrogen) atoms. The minimum Gasteiger partial charge on any atom is -0.478 e. The minimum atomic E-state index is -1.06. The molecule has 6 heteroatoms. The third-order valence-corrected chi connectivity index (χ3v) is 3.99. The van der Waals surface area contributed by atoms with Crippen LogP contribution in [0.2, 0.25) is 0 Å². The number of benzene rings is 1. The number of likely N-dealkylation sites (tertiary alicyclic amines) is 1. The Morgan fingerprint density at radius 1 is 1.30 bits per heavy atom. The molecule has 0 radical (unpaired) electrons. The van der Waals surface area contributed by atoms with Crippen molar-refractivity contribution in [3.05, 3.63) is 35.4 Å². The number of carboxylic acids is 1. The van der Waals surface area contributed by atoms with Crippen LogP contribution < -0.4 is 5.32 Å². The van der Waals surface area contributed by atoms with E-state index in [-0.39, 0.29) is 23.3 Å². The van der Waals surface area contributed by atoms with Crippen LogP contribution >= 0.6 is 0 Å². The van der Waals surface area contributed by atoms with E-state index in [0.29, 0.717) is 25.2 Å². The second kappa shape index (κ2) is 7.76. The predicted octanol–water partition coefficient (Wildman–Crippen LogP) is 1.76. The number of hydrogen-bond acceptors (Lipinski definition) is 3. The molecule has 1 heterocycles. The number of rotatable bonds is 5. The molecule has 1 atom stereocenters. The van der Waals surface area contributed by atoms with Gasteiger partial charge in [-0.1, -0.05) is 13.0 Å². The Kier molecular flexibility index (Phi) is 5.73. The summed E-state index contributed by atoms with van der Waals surface area (Å²) in [4.78, 5) is 37.3. The van der Waals surface area contributed by atoms with Crippen LogP contribution in [0.15, 0.2) is 24.3 Å². The van der Waals surface area contributed by atoms with Crippen LogP contribution in [-0.2, 0) is 4.79 Å². The van der Waals surface area contributed by atoms with Gasteiger partial charge in [0.05, 0.1) is 11.5 Å². The molecular formula is C17H22N2O4. The molecule has 124 valence electrons. The first-order chi connectivity index (χ1) is 11.0. The number of nitrogens with zero attached hydrogens (tertiary/aromatic N) is 1. The van der Waals surface area contributed by atoms with E-state index < -0.39 is 5.97 Å². The second-order valence-corrected chi connectivity index (χ2v) is 5.77. The standard InChI is InChI=1S/C17H22N2O4/c1-2-8-18-15(20)14-7-4-9-19(11-14)16(21)12-5-3-6-13(10-12)17(22)23/h3,5-6,10,14H,2,4,7-9,11H2,1H3,(H,18,20)(H,22,23)/t14-/m1/s1. The Hall–Kier alpha value is -2.37. The Morgan fingerprint density at radius 2 is 2.04 bits per heavy atom. The van der Waals surface area contributed by atoms with Crippen LogP contribution in [0.4, 0.5) is 0 Å². The molecule has 1 aromatic carbocycles. The van der Waals surface area contributed by atoms with Crippen LogP contribution in [-0.4, -0.2) is 47.4 Å². The van der Waals surface area contributed by atoms with Gasteiger partial charge in [-0.25, -0.2) is 4.79 Å². The van der Waals surface area contributed by atoms with E-state index in [4.69, 9.17) is 5.11 Å². The fourth-order valence-electron chi connectivity index (χ4n) is 2.74. The van der Waals surface area contributed by atoms with Gasteiger partial charge < -0.3 is 15.3 Å². The van der Waals surface area contributed by atoms with E-state index in [9.17, 15) is 14.4 Å². The highest BCUT2D eigenvalue weighted by Crippen LogP contribution is 2.19. The molecule has 0 bridgehead atoms. The van der Waals surface area contributed by atoms with Gasteiger partial charge in [0.1, 0.15) is 0 Å². The lowest BCUT2D eigenvalue weighted by Crippen LogP contribution is -2.45. The molecule has 0 unspecified atom stereocenters. The van der Waals surface area contributed by atoms with E-state index in [0.717, 1.165) is 19.3 Å². The summed E-state index contributed by atoms with van der Waals surface area (Å²) >= 11 is 0. The lowest BCUT2D eigenvalue weighted by atomic mass is 9.96. The largest absolute Gasteiger partial charge is 0.478 e. The number of piperidine rings is 1. The van der Waals surface area contributed by atoms with Gasteiger partial charge in [0.2, 0.25) is 5.91 Å². The van der Waals surface area contributed by atoms with E-state index >= 15 is 0 Å². The molecule has 0 saturated carbocycles. The quantitative estimate of drug-likeness (QED) is 0.866. The molecule has 6 nitrogen and oxygen atoms in total. The number of hydrogen-bond donors (Lipinski definition) is 2. The molecule has 1 saturated heterocycles. The van der Waals surface area contributed by atoms with Crippen molar-refractivity contribution < 1.29 is 19.5 Å². The Balaban J connectivity index is 2.06. The molecule has 1 aliphatic heterocycles. The van der Waals surface area contributed by atoms with Gasteiger partial charge >= 0.3 is 5.97 Å². The molecular weight excluding hydrogens is 296 g/mol. The zero-order valence-electron chi connectivity index (χ0n) is 13.2. The first-order valence-corrected chi connectivity index (χ1v) is 7.93. The molecule has 1 fully saturated rings. The van der Waals surface area contributed by atoms with Gasteiger partial charge in [-0.2, -0.15) is 0 Å². The summed E-state index contributed by atoms with van der Waals surface area (Å²) in [5.74, 6) is -1.48. The van der Waals surface area contributed by atoms with Crippen LogP contribution in [0.3, 0.4) is 0 Å². The van der Waals surface area contributed by atoms with Gasteiger partial charge in [-0.3, -0.25) is 9.59 Å². The molecule has 2 amide bonds. The lowest BCUT2D eigenvalue weighted by molar-refractivity contribution is -0.126. The average molecular weight is 318 g/mol. The van der Waals surface area contributed by atoms with Crippen molar-refractivity contribution in [2.45, 2.75) is 26.2 Å². The molecule has 2 rings (SSSR count). The number of carbonyl (C=O) groups excluding carboxylic acids is 2. The lowest BCUT2D eigenvalue weighted by Gasteiger charge is -2.32. The maximum absolute atomic E-state index is 12.6. The maximum atomic E-state index is 12.6. The van der Waals surface area contributed by atoms with Crippen LogP contribution in [0.25, 0.3) is 0 Å². The summed E-state index contributed by atoms with van der Waals surface area (Å²) in [6, 6.07) is 6.00. The first kappa shape index (κ1) is 17.0. The Morgan fingerprint density at radius 3 is 2.74 bits per heavy atom. The smallest absolute Gasteiger partial charge is 0.335 e. The summed E-state index contributed by atoms with van der Waals surface area (Å²) < 4.78 is 0. The van der Waals surface area contributed by atoms with Gasteiger partial charge in [0, 0.05) is 25.2 Å². The van der Waals surface area contributed by atoms with Gasteiger partial charge in [0.25, 0.3) is 5.91 Å². The first-order valence-electron chi connectivity index (χ1n) is 7.93. The van der Waals surface area contributed by atoms with Crippen molar-refractivity contribution in [2.75, 3.05) is 19.6 Å². The Labute approximate surface area is 135 Å². The zero-order chi connectivity index (χ0) is 16.8. The second-order valence-electron chi connectivity index (χ2n) is 5.77. The van der Waals surface area contributed by atoms with E-state index in [1.807, 2.05) is 6.92 Å². The molecule has 0 spiro atoms. The molecule has 0 aliphatic carbocycles. The highest BCUT2D eigenvalue weighted by molar-refractivity contribution is 5.97. The monoisotopic (exact) mass is 318 g/mol. The summed E-state index contributed by atoms with van der Waals surface area (Å²) in [6.07, 6.45) is 2.42. The van der Waals surface area contributed by atoms with Crippen LogP contribution in [0, 0.1) is 5.92 Å². The highest BCUT2D eigenvalue weighted by Gasteiger charge is 2.28. The van der Waals surface area contributed by atoms with Crippen molar-refractivity contribution in [1.82, 2.24) is 10.2 Å². The van der Waals surface area contributed by atoms with E-state index in [2.05, 4.69) is 5.32 Å². The average Bonchev–Trinajstić information content (AvgIpc) is 2.59. The highest BCUT2D eigenvalue weighted by atomic mass is 16.4. The van der Waals surface area contributed by atoms with E-state index in [1.165, 1.54) is 12.1 Å². The van der Waals surface area contributed by atoms with Gasteiger partial charge in [-0.05, 0) is 37.5 Å². The third kappa shape index (κ3) is 4.31. The summed E-state index contributed by atoms with van der Waals surface area (Å²) in [5.41, 5.74) is 0.435. The van der Waals surface area contributed by atoms with Crippen molar-refractivity contribution in [2.24, 2.45) is 5.92 Å². The molecule has 1 aromatic rings. The fourth-order valence-corrected chi connectivity index (χ4v) is 2.74. The predicted molar refractivity (Wildman–Crippen MR) is 85.3 cm³/mol. The van der Waals surface area contributed by atoms with Crippen molar-refractivity contribution in [3.63, 3.8) is 0 Å². The Bertz CT molecular complexity index is 600. The number of amides is 2. The zero-order valence-corrected chi connectivity index (χ0v) is 13.2. The minimum absolute atomic E-state index is 0.0105. The van der Waals surface area contributed by atoms with Gasteiger partial charge in [-0.15, -0.1) is 0 Å². The van der Waals surface area contributed by atoms with Crippen molar-refractivity contribution >= 4 is 17.8 Å². The summed E-state index contributed by atoms with van der Waals surface area (Å²) in [6.45, 7) is 3.61. The SMILES string of the molecule is CCCNC(=O)[C@@H]1CCCN(C(=O)c2cccc(C(=O)O)c2)C1. The fraction of sp³-hybridized carbons (Fsp3) is 0.471. The van der Waals surface area contributed by atoms with Crippen molar-refractivity contribution in [3.8, 4) is 0 Å². The summed E-state index contributed by atoms with van der Waals surface area (Å²) in [7, 11) is 0. The third-order valence-electron chi connectivity index (χ3n) is 3.99. The van der Waals surface area contributed by atoms with Crippen LogP contribution in [0.5, 0.6) is 0 Å². The topological polar surface area (TPSA) is 86.7 Å². The maximum Gasteiger partial charge on any atom is 0.335 e. The van der Waals surface area contributed by atoms with Crippen molar-refractivity contribution in [1.29, 1.82) is 0 Å². The number of carbonyl (C=O) groups is 3. The summed E-state index contributed by atoms with van der Waals surface area (Å²) in [5, 5.41) is 11.9. The van der Waals surface area contributed by atoms with E-state index in [1.54, 1.807) is 17.0 Å². The van der Waals surface area contributed by atoms with Crippen LogP contribution in [0.1, 0.15) is 46.9 Å². The number of nitrogens with one attached hydrogen (secondary N) is 1. The molecule has 1 aliphatic rings. The van der Waals surface area contributed by atoms with Gasteiger partial charge in [0.15, 0.2) is 0 Å². The number of carboxylic acid groups (broad SMARTS) is 1. The molecule has 2 N–H and O–H groups in total. The molecule has 0 aromatic heterocycles.